The summed E-state index contributed by atoms with van der Waals surface area (Å²) in [6.07, 6.45) is 22.0. The van der Waals surface area contributed by atoms with Crippen LogP contribution in [0.2, 0.25) is 0 Å². The van der Waals surface area contributed by atoms with Crippen LogP contribution in [0.1, 0.15) is 142 Å². The van der Waals surface area contributed by atoms with Crippen molar-refractivity contribution in [2.45, 2.75) is 154 Å². The van der Waals surface area contributed by atoms with E-state index in [4.69, 9.17) is 0 Å². The normalized spacial score (nSPS) is 14.2. The summed E-state index contributed by atoms with van der Waals surface area (Å²) in [5.74, 6) is 0. The first-order chi connectivity index (χ1) is 13.9. The molecule has 0 spiro atoms. The number of aliphatic hydroxyl groups excluding tert-OH is 1. The molecule has 0 fully saturated rings. The number of unbranched alkanes of at least 4 members (excludes halogenated alkanes) is 13. The predicted octanol–water partition coefficient (Wildman–Crippen LogP) is 7.45. The van der Waals surface area contributed by atoms with E-state index in [2.05, 4.69) is 6.92 Å². The molecular weight excluding hydrogens is 384 g/mol. The van der Waals surface area contributed by atoms with Crippen LogP contribution in [-0.2, 0) is 10.1 Å². The van der Waals surface area contributed by atoms with Crippen molar-refractivity contribution in [3.05, 3.63) is 0 Å². The van der Waals surface area contributed by atoms with Crippen LogP contribution in [0.5, 0.6) is 0 Å². The van der Waals surface area contributed by atoms with Crippen molar-refractivity contribution in [3.8, 4) is 0 Å². The summed E-state index contributed by atoms with van der Waals surface area (Å²) in [4.78, 5) is 0. The van der Waals surface area contributed by atoms with Crippen LogP contribution in [0, 0.1) is 0 Å². The summed E-state index contributed by atoms with van der Waals surface area (Å²) in [7, 11) is -3.87. The highest BCUT2D eigenvalue weighted by Gasteiger charge is 2.21. The Hall–Kier alpha value is -0.130. The van der Waals surface area contributed by atoms with Gasteiger partial charge in [0.15, 0.2) is 0 Å². The number of rotatable bonds is 22. The maximum atomic E-state index is 11.4. The van der Waals surface area contributed by atoms with Gasteiger partial charge in [-0.3, -0.25) is 4.55 Å². The molecule has 29 heavy (non-hydrogen) atoms. The van der Waals surface area contributed by atoms with Crippen LogP contribution >= 0.6 is 0 Å². The van der Waals surface area contributed by atoms with Gasteiger partial charge >= 0.3 is 0 Å². The first kappa shape index (κ1) is 28.9. The summed E-state index contributed by atoms with van der Waals surface area (Å²) in [5, 5.41) is 9.14. The second-order valence-electron chi connectivity index (χ2n) is 8.90. The molecule has 0 radical (unpaired) electrons. The van der Waals surface area contributed by atoms with Gasteiger partial charge in [0.2, 0.25) is 0 Å². The molecule has 0 saturated heterocycles. The zero-order chi connectivity index (χ0) is 21.8. The minimum absolute atomic E-state index is 0.0785. The van der Waals surface area contributed by atoms with Crippen molar-refractivity contribution < 1.29 is 18.1 Å². The minimum Gasteiger partial charge on any atom is -0.393 e. The van der Waals surface area contributed by atoms with Crippen molar-refractivity contribution >= 4 is 10.1 Å². The van der Waals surface area contributed by atoms with Crippen molar-refractivity contribution in [1.29, 1.82) is 0 Å². The molecule has 0 aromatic carbocycles. The standard InChI is InChI=1S/C24H50O4S/c1-3-5-21-24(29(26,27)28)22-18-16-14-12-10-8-6-7-9-11-13-15-17-20-23(25)19-4-2/h23-25H,3-22H2,1-2H3,(H,26,27,28). The number of aliphatic hydroxyl groups is 1. The molecule has 0 amide bonds. The molecule has 0 aromatic heterocycles. The van der Waals surface area contributed by atoms with Crippen LogP contribution in [0.4, 0.5) is 0 Å². The molecule has 0 aromatic rings. The zero-order valence-electron chi connectivity index (χ0n) is 19.4. The van der Waals surface area contributed by atoms with E-state index in [1.807, 2.05) is 6.92 Å². The molecule has 5 heteroatoms. The van der Waals surface area contributed by atoms with Gasteiger partial charge in [-0.25, -0.2) is 0 Å². The molecule has 4 nitrogen and oxygen atoms in total. The molecule has 0 aliphatic rings. The number of hydrogen-bond donors (Lipinski definition) is 2. The third-order valence-corrected chi connectivity index (χ3v) is 7.30. The second-order valence-corrected chi connectivity index (χ2v) is 10.6. The van der Waals surface area contributed by atoms with Gasteiger partial charge in [-0.05, 0) is 25.7 Å². The van der Waals surface area contributed by atoms with E-state index in [0.29, 0.717) is 12.8 Å². The van der Waals surface area contributed by atoms with Gasteiger partial charge < -0.3 is 5.11 Å². The van der Waals surface area contributed by atoms with Crippen LogP contribution in [0.15, 0.2) is 0 Å². The van der Waals surface area contributed by atoms with Gasteiger partial charge in [-0.1, -0.05) is 117 Å². The third-order valence-electron chi connectivity index (χ3n) is 5.99. The fourth-order valence-corrected chi connectivity index (χ4v) is 4.98. The van der Waals surface area contributed by atoms with E-state index >= 15 is 0 Å². The lowest BCUT2D eigenvalue weighted by Crippen LogP contribution is -2.20. The van der Waals surface area contributed by atoms with Crippen LogP contribution < -0.4 is 0 Å². The molecule has 0 bridgehead atoms. The summed E-state index contributed by atoms with van der Waals surface area (Å²) < 4.78 is 32.1. The smallest absolute Gasteiger partial charge is 0.267 e. The van der Waals surface area contributed by atoms with E-state index < -0.39 is 15.4 Å². The lowest BCUT2D eigenvalue weighted by molar-refractivity contribution is 0.150. The summed E-state index contributed by atoms with van der Waals surface area (Å²) in [6.45, 7) is 4.17. The van der Waals surface area contributed by atoms with E-state index in [9.17, 15) is 18.1 Å². The predicted molar refractivity (Wildman–Crippen MR) is 125 cm³/mol. The average Bonchev–Trinajstić information content (AvgIpc) is 2.66. The summed E-state index contributed by atoms with van der Waals surface area (Å²) >= 11 is 0. The minimum atomic E-state index is -3.87. The lowest BCUT2D eigenvalue weighted by Gasteiger charge is -2.13. The molecule has 0 saturated carbocycles. The van der Waals surface area contributed by atoms with Gasteiger partial charge in [0, 0.05) is 0 Å². The Morgan fingerprint density at radius 2 is 0.931 bits per heavy atom. The molecule has 2 unspecified atom stereocenters. The molecular formula is C24H50O4S. The Morgan fingerprint density at radius 1 is 0.552 bits per heavy atom. The molecule has 2 atom stereocenters. The molecule has 2 N–H and O–H groups in total. The summed E-state index contributed by atoms with van der Waals surface area (Å²) in [5.41, 5.74) is 0. The topological polar surface area (TPSA) is 74.6 Å². The number of hydrogen-bond acceptors (Lipinski definition) is 3. The Morgan fingerprint density at radius 3 is 1.31 bits per heavy atom. The molecule has 0 aliphatic heterocycles. The first-order valence-corrected chi connectivity index (χ1v) is 14.1. The Balaban J connectivity index is 3.37. The van der Waals surface area contributed by atoms with Crippen LogP contribution in [-0.4, -0.2) is 29.4 Å². The first-order valence-electron chi connectivity index (χ1n) is 12.6. The fraction of sp³-hybridized carbons (Fsp3) is 1.00. The summed E-state index contributed by atoms with van der Waals surface area (Å²) in [6, 6.07) is 0. The molecule has 0 rings (SSSR count). The van der Waals surface area contributed by atoms with Crippen LogP contribution in [0.25, 0.3) is 0 Å². The highest BCUT2D eigenvalue weighted by Crippen LogP contribution is 2.18. The van der Waals surface area contributed by atoms with Gasteiger partial charge in [0.25, 0.3) is 10.1 Å². The third kappa shape index (κ3) is 19.6. The van der Waals surface area contributed by atoms with Crippen molar-refractivity contribution in [1.82, 2.24) is 0 Å². The second kappa shape index (κ2) is 19.8. The maximum Gasteiger partial charge on any atom is 0.267 e. The SMILES string of the molecule is CCCCC(CCCCCCCCCCCCCCCC(O)CCC)S(=O)(=O)O. The average molecular weight is 435 g/mol. The molecule has 0 heterocycles. The fourth-order valence-electron chi connectivity index (χ4n) is 4.05. The van der Waals surface area contributed by atoms with Crippen molar-refractivity contribution in [2.24, 2.45) is 0 Å². The van der Waals surface area contributed by atoms with Gasteiger partial charge in [0.05, 0.1) is 11.4 Å². The highest BCUT2D eigenvalue weighted by molar-refractivity contribution is 7.86. The lowest BCUT2D eigenvalue weighted by atomic mass is 10.0. The Kier molecular flexibility index (Phi) is 19.7. The van der Waals surface area contributed by atoms with Gasteiger partial charge in [0.1, 0.15) is 0 Å². The van der Waals surface area contributed by atoms with E-state index in [-0.39, 0.29) is 6.10 Å². The maximum absolute atomic E-state index is 11.4. The Labute approximate surface area is 182 Å². The van der Waals surface area contributed by atoms with E-state index in [1.54, 1.807) is 0 Å². The van der Waals surface area contributed by atoms with Crippen LogP contribution in [0.3, 0.4) is 0 Å². The van der Waals surface area contributed by atoms with E-state index in [1.165, 1.54) is 70.6 Å². The molecule has 176 valence electrons. The quantitative estimate of drug-likeness (QED) is 0.137. The zero-order valence-corrected chi connectivity index (χ0v) is 20.2. The van der Waals surface area contributed by atoms with Gasteiger partial charge in [-0.15, -0.1) is 0 Å². The molecule has 0 aliphatic carbocycles. The Bertz CT molecular complexity index is 436. The highest BCUT2D eigenvalue weighted by atomic mass is 32.2. The monoisotopic (exact) mass is 434 g/mol. The van der Waals surface area contributed by atoms with Crippen molar-refractivity contribution in [3.63, 3.8) is 0 Å². The van der Waals surface area contributed by atoms with Gasteiger partial charge in [-0.2, -0.15) is 8.42 Å². The van der Waals surface area contributed by atoms with Crippen molar-refractivity contribution in [2.75, 3.05) is 0 Å². The van der Waals surface area contributed by atoms with E-state index in [0.717, 1.165) is 44.9 Å². The largest absolute Gasteiger partial charge is 0.393 e.